The highest BCUT2D eigenvalue weighted by Gasteiger charge is 2.51. The van der Waals surface area contributed by atoms with E-state index in [-0.39, 0.29) is 17.3 Å². The molecule has 1 aliphatic heterocycles. The van der Waals surface area contributed by atoms with E-state index in [1.165, 1.54) is 12.1 Å². The number of benzene rings is 3. The molecule has 3 aromatic rings. The molecule has 2 N–H and O–H groups in total. The van der Waals surface area contributed by atoms with Gasteiger partial charge in [-0.15, -0.1) is 0 Å². The number of hydrogen-bond donors (Lipinski definition) is 2. The van der Waals surface area contributed by atoms with Crippen molar-refractivity contribution < 1.29 is 22.5 Å². The first-order chi connectivity index (χ1) is 16.5. The molecule has 182 valence electrons. The Kier molecular flexibility index (Phi) is 6.88. The number of sulfonamides is 1. The molecule has 7 nitrogen and oxygen atoms in total. The van der Waals surface area contributed by atoms with Crippen molar-refractivity contribution in [3.63, 3.8) is 0 Å². The standard InChI is InChI=1S/C26H29BN2O5S/c1-25(2)26(3,4)34-27(33-25)21-12-8-11-20(17-21)24(30)29-22-13-15-23(16-14-22)35(31,32)28-18-19-9-6-5-7-10-19/h5-17,28H,18H2,1-4H3,(H,29,30). The van der Waals surface area contributed by atoms with Crippen LogP contribution in [0.4, 0.5) is 5.69 Å². The van der Waals surface area contributed by atoms with Crippen LogP contribution in [0.15, 0.2) is 83.8 Å². The minimum Gasteiger partial charge on any atom is -0.399 e. The molecule has 1 saturated heterocycles. The normalized spacial score (nSPS) is 16.7. The van der Waals surface area contributed by atoms with Crippen molar-refractivity contribution in [3.05, 3.63) is 90.0 Å². The summed E-state index contributed by atoms with van der Waals surface area (Å²) in [5.41, 5.74) is 1.59. The summed E-state index contributed by atoms with van der Waals surface area (Å²) in [6.07, 6.45) is 0. The van der Waals surface area contributed by atoms with Crippen molar-refractivity contribution in [2.75, 3.05) is 5.32 Å². The maximum absolute atomic E-state index is 12.9. The Morgan fingerprint density at radius 2 is 1.49 bits per heavy atom. The number of hydrogen-bond acceptors (Lipinski definition) is 5. The molecule has 1 aliphatic rings. The van der Waals surface area contributed by atoms with E-state index in [2.05, 4.69) is 10.0 Å². The van der Waals surface area contributed by atoms with E-state index < -0.39 is 28.3 Å². The van der Waals surface area contributed by atoms with E-state index in [0.717, 1.165) is 11.0 Å². The van der Waals surface area contributed by atoms with Gasteiger partial charge in [0.15, 0.2) is 0 Å². The number of amides is 1. The maximum atomic E-state index is 12.9. The van der Waals surface area contributed by atoms with Gasteiger partial charge >= 0.3 is 7.12 Å². The van der Waals surface area contributed by atoms with Gasteiger partial charge in [-0.3, -0.25) is 4.79 Å². The monoisotopic (exact) mass is 492 g/mol. The van der Waals surface area contributed by atoms with Crippen LogP contribution >= 0.6 is 0 Å². The lowest BCUT2D eigenvalue weighted by atomic mass is 9.78. The first kappa shape index (κ1) is 25.1. The average molecular weight is 492 g/mol. The molecule has 0 radical (unpaired) electrons. The van der Waals surface area contributed by atoms with Crippen LogP contribution in [0.2, 0.25) is 0 Å². The first-order valence-corrected chi connectivity index (χ1v) is 12.9. The van der Waals surface area contributed by atoms with E-state index >= 15 is 0 Å². The van der Waals surface area contributed by atoms with Crippen molar-refractivity contribution in [3.8, 4) is 0 Å². The maximum Gasteiger partial charge on any atom is 0.494 e. The van der Waals surface area contributed by atoms with Crippen LogP contribution < -0.4 is 15.5 Å². The Bertz CT molecular complexity index is 1290. The van der Waals surface area contributed by atoms with E-state index in [1.54, 1.807) is 30.3 Å². The van der Waals surface area contributed by atoms with Crippen molar-refractivity contribution in [1.29, 1.82) is 0 Å². The smallest absolute Gasteiger partial charge is 0.399 e. The quantitative estimate of drug-likeness (QED) is 0.491. The van der Waals surface area contributed by atoms with Gasteiger partial charge in [0.1, 0.15) is 0 Å². The van der Waals surface area contributed by atoms with Gasteiger partial charge in [0.25, 0.3) is 5.91 Å². The fourth-order valence-electron chi connectivity index (χ4n) is 3.58. The van der Waals surface area contributed by atoms with Gasteiger partial charge in [-0.25, -0.2) is 13.1 Å². The summed E-state index contributed by atoms with van der Waals surface area (Å²) in [4.78, 5) is 13.0. The fraction of sp³-hybridized carbons (Fsp3) is 0.269. The Morgan fingerprint density at radius 1 is 0.857 bits per heavy atom. The van der Waals surface area contributed by atoms with Crippen LogP contribution in [0.5, 0.6) is 0 Å². The minimum absolute atomic E-state index is 0.120. The summed E-state index contributed by atoms with van der Waals surface area (Å²) in [7, 11) is -4.25. The number of carbonyl (C=O) groups is 1. The number of carbonyl (C=O) groups excluding carboxylic acids is 1. The zero-order valence-corrected chi connectivity index (χ0v) is 21.1. The zero-order chi connectivity index (χ0) is 25.3. The molecule has 4 rings (SSSR count). The number of rotatable bonds is 7. The highest BCUT2D eigenvalue weighted by atomic mass is 32.2. The van der Waals surface area contributed by atoms with Crippen LogP contribution in [-0.4, -0.2) is 32.6 Å². The fourth-order valence-corrected chi connectivity index (χ4v) is 4.60. The predicted octanol–water partition coefficient (Wildman–Crippen LogP) is 3.72. The Morgan fingerprint density at radius 3 is 2.11 bits per heavy atom. The molecule has 1 heterocycles. The highest BCUT2D eigenvalue weighted by molar-refractivity contribution is 7.89. The van der Waals surface area contributed by atoms with Crippen molar-refractivity contribution >= 4 is 34.2 Å². The van der Waals surface area contributed by atoms with Crippen LogP contribution in [0.3, 0.4) is 0 Å². The van der Waals surface area contributed by atoms with Gasteiger partial charge in [-0.05, 0) is 75.1 Å². The number of anilines is 1. The van der Waals surface area contributed by atoms with E-state index in [0.29, 0.717) is 11.3 Å². The van der Waals surface area contributed by atoms with Crippen LogP contribution in [0, 0.1) is 0 Å². The molecule has 0 atom stereocenters. The molecule has 1 fully saturated rings. The average Bonchev–Trinajstić information content (AvgIpc) is 3.06. The Hall–Kier alpha value is -2.98. The molecule has 0 aliphatic carbocycles. The summed E-state index contributed by atoms with van der Waals surface area (Å²) in [5.74, 6) is -0.318. The summed E-state index contributed by atoms with van der Waals surface area (Å²) in [6.45, 7) is 8.10. The zero-order valence-electron chi connectivity index (χ0n) is 20.2. The topological polar surface area (TPSA) is 93.7 Å². The molecular formula is C26H29BN2O5S. The second-order valence-corrected chi connectivity index (χ2v) is 11.3. The molecule has 0 aromatic heterocycles. The van der Waals surface area contributed by atoms with Crippen LogP contribution in [0.1, 0.15) is 43.6 Å². The molecular weight excluding hydrogens is 463 g/mol. The first-order valence-electron chi connectivity index (χ1n) is 11.4. The van der Waals surface area contributed by atoms with Gasteiger partial charge in [-0.2, -0.15) is 0 Å². The summed E-state index contributed by atoms with van der Waals surface area (Å²) in [6, 6.07) is 22.4. The summed E-state index contributed by atoms with van der Waals surface area (Å²) >= 11 is 0. The molecule has 1 amide bonds. The summed E-state index contributed by atoms with van der Waals surface area (Å²) < 4.78 is 39.9. The van der Waals surface area contributed by atoms with Gasteiger partial charge in [0, 0.05) is 17.8 Å². The highest BCUT2D eigenvalue weighted by Crippen LogP contribution is 2.36. The lowest BCUT2D eigenvalue weighted by Gasteiger charge is -2.32. The van der Waals surface area contributed by atoms with Crippen molar-refractivity contribution in [2.45, 2.75) is 50.3 Å². The van der Waals surface area contributed by atoms with Gasteiger partial charge in [0.2, 0.25) is 10.0 Å². The molecule has 0 bridgehead atoms. The lowest BCUT2D eigenvalue weighted by molar-refractivity contribution is 0.00578. The van der Waals surface area contributed by atoms with Gasteiger partial charge in [-0.1, -0.05) is 42.5 Å². The molecule has 0 unspecified atom stereocenters. The molecule has 9 heteroatoms. The van der Waals surface area contributed by atoms with Crippen LogP contribution in [-0.2, 0) is 25.9 Å². The van der Waals surface area contributed by atoms with Crippen LogP contribution in [0.25, 0.3) is 0 Å². The third-order valence-corrected chi connectivity index (χ3v) is 7.82. The SMILES string of the molecule is CC1(C)OB(c2cccc(C(=O)Nc3ccc(S(=O)(=O)NCc4ccccc4)cc3)c2)OC1(C)C. The second-order valence-electron chi connectivity index (χ2n) is 9.50. The molecule has 0 saturated carbocycles. The van der Waals surface area contributed by atoms with Crippen molar-refractivity contribution in [1.82, 2.24) is 4.72 Å². The predicted molar refractivity (Wildman–Crippen MR) is 137 cm³/mol. The third kappa shape index (κ3) is 5.65. The second kappa shape index (κ2) is 9.58. The largest absolute Gasteiger partial charge is 0.494 e. The molecule has 3 aromatic carbocycles. The summed E-state index contributed by atoms with van der Waals surface area (Å²) in [5, 5.41) is 2.81. The Labute approximate surface area is 207 Å². The van der Waals surface area contributed by atoms with Gasteiger partial charge in [0.05, 0.1) is 16.1 Å². The third-order valence-electron chi connectivity index (χ3n) is 6.41. The minimum atomic E-state index is -3.68. The van der Waals surface area contributed by atoms with Gasteiger partial charge < -0.3 is 14.6 Å². The van der Waals surface area contributed by atoms with E-state index in [9.17, 15) is 13.2 Å². The number of nitrogens with one attached hydrogen (secondary N) is 2. The van der Waals surface area contributed by atoms with E-state index in [1.807, 2.05) is 64.1 Å². The molecule has 35 heavy (non-hydrogen) atoms. The Balaban J connectivity index is 1.41. The molecule has 0 spiro atoms. The van der Waals surface area contributed by atoms with E-state index in [4.69, 9.17) is 9.31 Å². The van der Waals surface area contributed by atoms with Crippen molar-refractivity contribution in [2.24, 2.45) is 0 Å². The lowest BCUT2D eigenvalue weighted by Crippen LogP contribution is -2.41.